The molecule has 30 heavy (non-hydrogen) atoms. The van der Waals surface area contributed by atoms with E-state index in [0.717, 1.165) is 33.9 Å². The number of hydrogen-bond acceptors (Lipinski definition) is 6. The third-order valence-corrected chi connectivity index (χ3v) is 5.89. The summed E-state index contributed by atoms with van der Waals surface area (Å²) in [7, 11) is 0. The van der Waals surface area contributed by atoms with Gasteiger partial charge in [-0.2, -0.15) is 0 Å². The summed E-state index contributed by atoms with van der Waals surface area (Å²) in [5.41, 5.74) is 4.96. The van der Waals surface area contributed by atoms with Crippen molar-refractivity contribution in [2.45, 2.75) is 25.7 Å². The quantitative estimate of drug-likeness (QED) is 0.486. The van der Waals surface area contributed by atoms with Gasteiger partial charge in [0, 0.05) is 29.1 Å². The molecule has 1 atom stereocenters. The Hall–Kier alpha value is -3.55. The number of ether oxygens (including phenoxy) is 2. The van der Waals surface area contributed by atoms with Crippen LogP contribution in [0.4, 0.5) is 4.39 Å². The van der Waals surface area contributed by atoms with Crippen molar-refractivity contribution in [3.63, 3.8) is 0 Å². The second kappa shape index (κ2) is 6.48. The number of rotatable bonds is 1. The second-order valence-corrected chi connectivity index (χ2v) is 7.67. The van der Waals surface area contributed by atoms with Gasteiger partial charge in [0.25, 0.3) is 0 Å². The van der Waals surface area contributed by atoms with Crippen LogP contribution in [0.3, 0.4) is 0 Å². The summed E-state index contributed by atoms with van der Waals surface area (Å²) >= 11 is 0. The van der Waals surface area contributed by atoms with Crippen molar-refractivity contribution in [3.05, 3.63) is 65.4 Å². The van der Waals surface area contributed by atoms with E-state index in [0.29, 0.717) is 43.1 Å². The third kappa shape index (κ3) is 2.56. The maximum atomic E-state index is 14.7. The molecule has 2 aliphatic rings. The average molecular weight is 403 g/mol. The maximum absolute atomic E-state index is 14.7. The highest BCUT2D eigenvalue weighted by atomic mass is 19.1. The van der Waals surface area contributed by atoms with Crippen LogP contribution in [0.1, 0.15) is 28.6 Å². The first-order valence-corrected chi connectivity index (χ1v) is 9.90. The van der Waals surface area contributed by atoms with E-state index >= 15 is 0 Å². The Kier molecular flexibility index (Phi) is 3.74. The van der Waals surface area contributed by atoms with Gasteiger partial charge in [-0.1, -0.05) is 0 Å². The zero-order valence-corrected chi connectivity index (χ0v) is 16.3. The molecular formula is C22H18FN5O2. The van der Waals surface area contributed by atoms with Gasteiger partial charge in [0.15, 0.2) is 5.65 Å². The summed E-state index contributed by atoms with van der Waals surface area (Å²) in [6, 6.07) is 5.17. The second-order valence-electron chi connectivity index (χ2n) is 7.67. The van der Waals surface area contributed by atoms with Gasteiger partial charge in [-0.25, -0.2) is 14.4 Å². The van der Waals surface area contributed by atoms with E-state index in [1.165, 1.54) is 6.07 Å². The molecule has 0 bridgehead atoms. The van der Waals surface area contributed by atoms with E-state index in [2.05, 4.69) is 20.2 Å². The number of hydrogen-bond donors (Lipinski definition) is 0. The molecular weight excluding hydrogens is 385 g/mol. The molecule has 4 aromatic rings. The summed E-state index contributed by atoms with van der Waals surface area (Å²) in [5, 5.41) is 8.43. The van der Waals surface area contributed by atoms with Crippen LogP contribution in [0.2, 0.25) is 0 Å². The highest BCUT2D eigenvalue weighted by Crippen LogP contribution is 2.41. The summed E-state index contributed by atoms with van der Waals surface area (Å²) in [4.78, 5) is 8.62. The monoisotopic (exact) mass is 403 g/mol. The van der Waals surface area contributed by atoms with Crippen LogP contribution in [0.5, 0.6) is 11.5 Å². The summed E-state index contributed by atoms with van der Waals surface area (Å²) in [6.07, 6.45) is 6.36. The molecule has 1 aromatic carbocycles. The molecule has 0 unspecified atom stereocenters. The third-order valence-electron chi connectivity index (χ3n) is 5.89. The van der Waals surface area contributed by atoms with E-state index < -0.39 is 0 Å². The van der Waals surface area contributed by atoms with Crippen LogP contribution in [-0.4, -0.2) is 37.8 Å². The molecule has 0 saturated heterocycles. The number of nitrogens with zero attached hydrogens (tertiary/aromatic N) is 5. The normalized spacial score (nSPS) is 17.3. The lowest BCUT2D eigenvalue weighted by Crippen LogP contribution is -2.13. The highest BCUT2D eigenvalue weighted by Gasteiger charge is 2.31. The van der Waals surface area contributed by atoms with E-state index in [4.69, 9.17) is 9.47 Å². The molecule has 0 fully saturated rings. The van der Waals surface area contributed by atoms with Gasteiger partial charge in [0.2, 0.25) is 0 Å². The van der Waals surface area contributed by atoms with E-state index in [-0.39, 0.29) is 11.7 Å². The molecule has 0 amide bonds. The molecule has 3 aromatic heterocycles. The number of aryl methyl sites for hydroxylation is 2. The van der Waals surface area contributed by atoms with E-state index in [9.17, 15) is 4.39 Å². The van der Waals surface area contributed by atoms with Crippen molar-refractivity contribution in [2.75, 3.05) is 13.2 Å². The highest BCUT2D eigenvalue weighted by molar-refractivity contribution is 5.78. The molecule has 5 heterocycles. The van der Waals surface area contributed by atoms with Gasteiger partial charge in [-0.05, 0) is 43.5 Å². The molecule has 8 heteroatoms. The van der Waals surface area contributed by atoms with Crippen molar-refractivity contribution < 1.29 is 13.9 Å². The van der Waals surface area contributed by atoms with Crippen LogP contribution in [0.25, 0.3) is 16.8 Å². The number of pyridine rings is 1. The largest absolute Gasteiger partial charge is 0.493 e. The Morgan fingerprint density at radius 1 is 1.07 bits per heavy atom. The van der Waals surface area contributed by atoms with Crippen LogP contribution in [0.15, 0.2) is 36.9 Å². The lowest BCUT2D eigenvalue weighted by Gasteiger charge is -2.16. The first-order valence-electron chi connectivity index (χ1n) is 9.90. The summed E-state index contributed by atoms with van der Waals surface area (Å²) in [6.45, 7) is 2.75. The van der Waals surface area contributed by atoms with Crippen molar-refractivity contribution in [2.24, 2.45) is 0 Å². The molecule has 150 valence electrons. The minimum Gasteiger partial charge on any atom is -0.493 e. The fraction of sp³-hybridized carbons (Fsp3) is 0.273. The molecule has 0 saturated carbocycles. The van der Waals surface area contributed by atoms with E-state index in [1.807, 2.05) is 17.4 Å². The van der Waals surface area contributed by atoms with Gasteiger partial charge in [-0.15, -0.1) is 10.2 Å². The minimum atomic E-state index is -0.193. The number of fused-ring (bicyclic) bond motifs is 3. The smallest absolute Gasteiger partial charge is 0.169 e. The zero-order valence-electron chi connectivity index (χ0n) is 16.3. The van der Waals surface area contributed by atoms with Gasteiger partial charge < -0.3 is 9.47 Å². The first kappa shape index (κ1) is 17.3. The predicted octanol–water partition coefficient (Wildman–Crippen LogP) is 3.29. The van der Waals surface area contributed by atoms with E-state index in [1.54, 1.807) is 24.8 Å². The SMILES string of the molecule is Cc1ncc(-c2cc3c(n4cnnc24)CCc2c(F)ccc4c2[C@H](CO4)CO3)cn1. The number of aromatic nitrogens is 5. The Morgan fingerprint density at radius 3 is 2.70 bits per heavy atom. The lowest BCUT2D eigenvalue weighted by molar-refractivity contribution is 0.246. The fourth-order valence-corrected chi connectivity index (χ4v) is 4.41. The molecule has 0 aliphatic carbocycles. The lowest BCUT2D eigenvalue weighted by atomic mass is 9.93. The van der Waals surface area contributed by atoms with Crippen LogP contribution >= 0.6 is 0 Å². The van der Waals surface area contributed by atoms with Gasteiger partial charge >= 0.3 is 0 Å². The Bertz CT molecular complexity index is 1290. The van der Waals surface area contributed by atoms with Crippen LogP contribution < -0.4 is 9.47 Å². The Labute approximate surface area is 171 Å². The zero-order chi connectivity index (χ0) is 20.2. The number of benzene rings is 1. The molecule has 0 spiro atoms. The van der Waals surface area contributed by atoms with Crippen molar-refractivity contribution in [1.82, 2.24) is 24.6 Å². The van der Waals surface area contributed by atoms with Crippen molar-refractivity contribution >= 4 is 5.65 Å². The topological polar surface area (TPSA) is 74.4 Å². The summed E-state index contributed by atoms with van der Waals surface area (Å²) < 4.78 is 28.7. The molecule has 0 N–H and O–H groups in total. The Morgan fingerprint density at radius 2 is 1.87 bits per heavy atom. The molecule has 6 rings (SSSR count). The average Bonchev–Trinajstić information content (AvgIpc) is 3.40. The fourth-order valence-electron chi connectivity index (χ4n) is 4.41. The van der Waals surface area contributed by atoms with Gasteiger partial charge in [0.1, 0.15) is 29.5 Å². The summed E-state index contributed by atoms with van der Waals surface area (Å²) in [5.74, 6) is 2.00. The van der Waals surface area contributed by atoms with Crippen molar-refractivity contribution in [3.8, 4) is 22.6 Å². The minimum absolute atomic E-state index is 0.000539. The molecule has 2 aliphatic heterocycles. The van der Waals surface area contributed by atoms with Gasteiger partial charge in [0.05, 0.1) is 24.8 Å². The van der Waals surface area contributed by atoms with Crippen LogP contribution in [-0.2, 0) is 12.8 Å². The van der Waals surface area contributed by atoms with Crippen molar-refractivity contribution in [1.29, 1.82) is 0 Å². The molecule has 7 nitrogen and oxygen atoms in total. The number of halogens is 1. The molecule has 0 radical (unpaired) electrons. The van der Waals surface area contributed by atoms with Gasteiger partial charge in [-0.3, -0.25) is 4.40 Å². The standard InChI is InChI=1S/C22H18FN5O2/c1-12-24-7-13(8-25-12)16-6-20-18(28-11-26-27-22(16)28)4-2-15-17(23)3-5-19-21(15)14(9-29-19)10-30-20/h3,5-8,11,14H,2,4,9-10H2,1H3/t14-/m1/s1. The predicted molar refractivity (Wildman–Crippen MR) is 106 cm³/mol. The van der Waals surface area contributed by atoms with Crippen LogP contribution in [0, 0.1) is 12.7 Å². The maximum Gasteiger partial charge on any atom is 0.169 e. The first-order chi connectivity index (χ1) is 14.7. The Balaban J connectivity index is 1.51.